The van der Waals surface area contributed by atoms with Gasteiger partial charge in [0.1, 0.15) is 6.29 Å². The molecule has 1 aromatic rings. The summed E-state index contributed by atoms with van der Waals surface area (Å²) in [6.07, 6.45) is 4.00. The number of carbonyl (C=O) groups is 1. The van der Waals surface area contributed by atoms with Crippen LogP contribution < -0.4 is 9.47 Å². The van der Waals surface area contributed by atoms with Crippen molar-refractivity contribution in [2.24, 2.45) is 0 Å². The van der Waals surface area contributed by atoms with Gasteiger partial charge in [-0.3, -0.25) is 4.79 Å². The van der Waals surface area contributed by atoms with E-state index in [2.05, 4.69) is 0 Å². The predicted molar refractivity (Wildman–Crippen MR) is 63.9 cm³/mol. The first-order valence-corrected chi connectivity index (χ1v) is 5.14. The van der Waals surface area contributed by atoms with E-state index in [1.54, 1.807) is 13.2 Å². The van der Waals surface area contributed by atoms with Crippen LogP contribution in [0.3, 0.4) is 0 Å². The lowest BCUT2D eigenvalue weighted by Crippen LogP contribution is -2.06. The number of rotatable bonds is 5. The predicted octanol–water partition coefficient (Wildman–Crippen LogP) is 2.69. The van der Waals surface area contributed by atoms with Gasteiger partial charge >= 0.3 is 0 Å². The lowest BCUT2D eigenvalue weighted by atomic mass is 10.2. The van der Waals surface area contributed by atoms with Crippen LogP contribution in [0.2, 0.25) is 0 Å². The number of carbonyl (C=O) groups excluding carboxylic acids is 1. The van der Waals surface area contributed by atoms with Gasteiger partial charge in [-0.1, -0.05) is 12.1 Å². The number of allylic oxidation sites excluding steroid dienone is 1. The Morgan fingerprint density at radius 1 is 1.25 bits per heavy atom. The average molecular weight is 220 g/mol. The summed E-state index contributed by atoms with van der Waals surface area (Å²) in [5.74, 6) is 1.38. The zero-order valence-corrected chi connectivity index (χ0v) is 9.77. The number of methoxy groups -OCH3 is 1. The maximum atomic E-state index is 10.2. The SMILES string of the molecule is COc1cc(/C=C/C=O)ccc1OC(C)C. The van der Waals surface area contributed by atoms with Crippen molar-refractivity contribution in [2.75, 3.05) is 7.11 Å². The molecule has 1 aromatic carbocycles. The molecule has 0 amide bonds. The van der Waals surface area contributed by atoms with Crippen LogP contribution in [0.25, 0.3) is 6.08 Å². The van der Waals surface area contributed by atoms with Crippen LogP contribution in [0.4, 0.5) is 0 Å². The second-order valence-corrected chi connectivity index (χ2v) is 3.57. The van der Waals surface area contributed by atoms with Crippen molar-refractivity contribution in [3.63, 3.8) is 0 Å². The van der Waals surface area contributed by atoms with Crippen LogP contribution >= 0.6 is 0 Å². The number of hydrogen-bond acceptors (Lipinski definition) is 3. The fourth-order valence-electron chi connectivity index (χ4n) is 1.29. The highest BCUT2D eigenvalue weighted by Crippen LogP contribution is 2.29. The largest absolute Gasteiger partial charge is 0.493 e. The van der Waals surface area contributed by atoms with Gasteiger partial charge in [0, 0.05) is 0 Å². The summed E-state index contributed by atoms with van der Waals surface area (Å²) in [6, 6.07) is 5.54. The molecule has 1 rings (SSSR count). The average Bonchev–Trinajstić information content (AvgIpc) is 2.27. The van der Waals surface area contributed by atoms with E-state index in [0.29, 0.717) is 11.5 Å². The second-order valence-electron chi connectivity index (χ2n) is 3.57. The fraction of sp³-hybridized carbons (Fsp3) is 0.308. The molecule has 0 unspecified atom stereocenters. The molecule has 0 heterocycles. The summed E-state index contributed by atoms with van der Waals surface area (Å²) in [5, 5.41) is 0. The standard InChI is InChI=1S/C13H16O3/c1-10(2)16-12-7-6-11(5-4-8-14)9-13(12)15-3/h4-10H,1-3H3/b5-4+. The Balaban J connectivity index is 2.96. The molecule has 0 fully saturated rings. The summed E-state index contributed by atoms with van der Waals surface area (Å²) in [4.78, 5) is 10.2. The van der Waals surface area contributed by atoms with Crippen LogP contribution in [0.5, 0.6) is 11.5 Å². The Hall–Kier alpha value is -1.77. The van der Waals surface area contributed by atoms with Gasteiger partial charge in [0.2, 0.25) is 0 Å². The fourth-order valence-corrected chi connectivity index (χ4v) is 1.29. The minimum Gasteiger partial charge on any atom is -0.493 e. The molecule has 0 aromatic heterocycles. The van der Waals surface area contributed by atoms with Gasteiger partial charge < -0.3 is 9.47 Å². The summed E-state index contributed by atoms with van der Waals surface area (Å²) in [7, 11) is 1.59. The van der Waals surface area contributed by atoms with Gasteiger partial charge in [-0.25, -0.2) is 0 Å². The molecular weight excluding hydrogens is 204 g/mol. The van der Waals surface area contributed by atoms with Crippen molar-refractivity contribution in [1.82, 2.24) is 0 Å². The molecule has 86 valence electrons. The summed E-state index contributed by atoms with van der Waals surface area (Å²) < 4.78 is 10.8. The van der Waals surface area contributed by atoms with Crippen molar-refractivity contribution in [1.29, 1.82) is 0 Å². The van der Waals surface area contributed by atoms with Crippen molar-refractivity contribution < 1.29 is 14.3 Å². The molecule has 0 N–H and O–H groups in total. The maximum absolute atomic E-state index is 10.2. The molecule has 0 saturated carbocycles. The molecular formula is C13H16O3. The Kier molecular flexibility index (Phi) is 4.58. The number of hydrogen-bond donors (Lipinski definition) is 0. The molecule has 0 spiro atoms. The van der Waals surface area contributed by atoms with Gasteiger partial charge in [-0.2, -0.15) is 0 Å². The third-order valence-corrected chi connectivity index (χ3v) is 1.92. The van der Waals surface area contributed by atoms with Crippen molar-refractivity contribution >= 4 is 12.4 Å². The van der Waals surface area contributed by atoms with Crippen LogP contribution in [0.1, 0.15) is 19.4 Å². The highest BCUT2D eigenvalue weighted by Gasteiger charge is 2.06. The summed E-state index contributed by atoms with van der Waals surface area (Å²) >= 11 is 0. The second kappa shape index (κ2) is 5.95. The first kappa shape index (κ1) is 12.3. The van der Waals surface area contributed by atoms with Crippen LogP contribution in [0, 0.1) is 0 Å². The topological polar surface area (TPSA) is 35.5 Å². The zero-order chi connectivity index (χ0) is 12.0. The quantitative estimate of drug-likeness (QED) is 0.565. The van der Waals surface area contributed by atoms with Gasteiger partial charge in [-0.15, -0.1) is 0 Å². The van der Waals surface area contributed by atoms with E-state index in [4.69, 9.17) is 9.47 Å². The summed E-state index contributed by atoms with van der Waals surface area (Å²) in [5.41, 5.74) is 0.903. The molecule has 0 bridgehead atoms. The maximum Gasteiger partial charge on any atom is 0.161 e. The van der Waals surface area contributed by atoms with Gasteiger partial charge in [0.15, 0.2) is 11.5 Å². The molecule has 0 saturated heterocycles. The van der Waals surface area contributed by atoms with E-state index in [1.807, 2.05) is 32.0 Å². The van der Waals surface area contributed by atoms with Crippen LogP contribution in [-0.4, -0.2) is 19.5 Å². The van der Waals surface area contributed by atoms with Gasteiger partial charge in [0.05, 0.1) is 13.2 Å². The number of aldehydes is 1. The molecule has 16 heavy (non-hydrogen) atoms. The molecule has 0 atom stereocenters. The minimum atomic E-state index is 0.102. The molecule has 3 nitrogen and oxygen atoms in total. The highest BCUT2D eigenvalue weighted by atomic mass is 16.5. The van der Waals surface area contributed by atoms with Crippen molar-refractivity contribution in [3.8, 4) is 11.5 Å². The molecule has 0 radical (unpaired) electrons. The number of benzene rings is 1. The smallest absolute Gasteiger partial charge is 0.161 e. The zero-order valence-electron chi connectivity index (χ0n) is 9.77. The first-order chi connectivity index (χ1) is 7.67. The normalized spacial score (nSPS) is 10.8. The van der Waals surface area contributed by atoms with Crippen molar-refractivity contribution in [3.05, 3.63) is 29.8 Å². The third kappa shape index (κ3) is 3.42. The van der Waals surface area contributed by atoms with E-state index >= 15 is 0 Å². The third-order valence-electron chi connectivity index (χ3n) is 1.92. The van der Waals surface area contributed by atoms with E-state index in [9.17, 15) is 4.79 Å². The Bertz CT molecular complexity index is 381. The molecule has 0 aliphatic carbocycles. The van der Waals surface area contributed by atoms with Crippen molar-refractivity contribution in [2.45, 2.75) is 20.0 Å². The number of ether oxygens (including phenoxy) is 2. The molecule has 0 aliphatic rings. The molecule has 3 heteroatoms. The van der Waals surface area contributed by atoms with Gasteiger partial charge in [-0.05, 0) is 37.6 Å². The Morgan fingerprint density at radius 2 is 2.00 bits per heavy atom. The monoisotopic (exact) mass is 220 g/mol. The lowest BCUT2D eigenvalue weighted by Gasteiger charge is -2.13. The van der Waals surface area contributed by atoms with Crippen LogP contribution in [0.15, 0.2) is 24.3 Å². The minimum absolute atomic E-state index is 0.102. The van der Waals surface area contributed by atoms with Gasteiger partial charge in [0.25, 0.3) is 0 Å². The van der Waals surface area contributed by atoms with E-state index in [-0.39, 0.29) is 6.10 Å². The van der Waals surface area contributed by atoms with Crippen LogP contribution in [-0.2, 0) is 4.79 Å². The highest BCUT2D eigenvalue weighted by molar-refractivity contribution is 5.74. The Labute approximate surface area is 95.7 Å². The Morgan fingerprint density at radius 3 is 2.56 bits per heavy atom. The molecule has 0 aliphatic heterocycles. The first-order valence-electron chi connectivity index (χ1n) is 5.14. The van der Waals surface area contributed by atoms with E-state index < -0.39 is 0 Å². The summed E-state index contributed by atoms with van der Waals surface area (Å²) in [6.45, 7) is 3.92. The van der Waals surface area contributed by atoms with E-state index in [1.165, 1.54) is 6.08 Å². The van der Waals surface area contributed by atoms with E-state index in [0.717, 1.165) is 11.8 Å². The lowest BCUT2D eigenvalue weighted by molar-refractivity contribution is -0.104.